The van der Waals surface area contributed by atoms with Crippen molar-refractivity contribution in [3.63, 3.8) is 0 Å². The van der Waals surface area contributed by atoms with Gasteiger partial charge in [0.15, 0.2) is 5.96 Å². The number of nitrogens with zero attached hydrogens (tertiary/aromatic N) is 2. The first-order chi connectivity index (χ1) is 15.1. The molecule has 1 aromatic carbocycles. The van der Waals surface area contributed by atoms with Crippen LogP contribution in [-0.2, 0) is 26.1 Å². The van der Waals surface area contributed by atoms with Gasteiger partial charge in [0, 0.05) is 41.9 Å². The average Bonchev–Trinajstić information content (AvgIpc) is 3.44. The number of rotatable bonds is 9. The molecular weight excluding hydrogens is 539 g/mol. The van der Waals surface area contributed by atoms with Crippen LogP contribution in [0, 0.1) is 23.7 Å². The maximum atomic E-state index is 12.7. The Morgan fingerprint density at radius 1 is 1.09 bits per heavy atom. The molecule has 9 heteroatoms. The number of guanidine groups is 1. The van der Waals surface area contributed by atoms with E-state index in [-0.39, 0.29) is 59.5 Å². The number of carbonyl (C=O) groups excluding carboxylic acids is 2. The van der Waals surface area contributed by atoms with Crippen molar-refractivity contribution in [1.82, 2.24) is 15.5 Å². The monoisotopic (exact) mass is 570 g/mol. The van der Waals surface area contributed by atoms with E-state index in [1.54, 1.807) is 0 Å². The molecule has 3 aliphatic rings. The molecule has 0 spiro atoms. The second kappa shape index (κ2) is 11.4. The lowest BCUT2D eigenvalue weighted by Gasteiger charge is -2.18. The van der Waals surface area contributed by atoms with Gasteiger partial charge in [0.25, 0.3) is 0 Å². The van der Waals surface area contributed by atoms with Crippen LogP contribution in [0.15, 0.2) is 47.5 Å². The Hall–Kier alpha value is -1.75. The maximum absolute atomic E-state index is 12.7. The minimum Gasteiger partial charge on any atom is -0.357 e. The van der Waals surface area contributed by atoms with Crippen LogP contribution in [-0.4, -0.2) is 58.8 Å². The third kappa shape index (κ3) is 5.41. The molecule has 174 valence electrons. The molecule has 5 atom stereocenters. The summed E-state index contributed by atoms with van der Waals surface area (Å²) in [5.41, 5.74) is 1.06. The highest BCUT2D eigenvalue weighted by Crippen LogP contribution is 2.52. The van der Waals surface area contributed by atoms with Crippen molar-refractivity contribution in [1.29, 1.82) is 0 Å². The highest BCUT2D eigenvalue weighted by Gasteiger charge is 2.58. The Morgan fingerprint density at radius 2 is 1.75 bits per heavy atom. The fraction of sp³-hybridized carbons (Fsp3) is 0.522. The number of benzene rings is 1. The van der Waals surface area contributed by atoms with Crippen molar-refractivity contribution in [2.24, 2.45) is 28.7 Å². The van der Waals surface area contributed by atoms with E-state index in [0.717, 1.165) is 12.0 Å². The summed E-state index contributed by atoms with van der Waals surface area (Å²) < 4.78 is 12.3. The van der Waals surface area contributed by atoms with Crippen LogP contribution in [0.3, 0.4) is 0 Å². The SMILES string of the molecule is CCNC(=NCCS(=O)Cc1ccccc1)NCCN1C(=O)C2C3C=CC(C3)C2C1=O.I. The van der Waals surface area contributed by atoms with E-state index in [2.05, 4.69) is 27.8 Å². The molecule has 1 aromatic rings. The fourth-order valence-corrected chi connectivity index (χ4v) is 5.91. The van der Waals surface area contributed by atoms with E-state index < -0.39 is 10.8 Å². The van der Waals surface area contributed by atoms with Crippen LogP contribution >= 0.6 is 24.0 Å². The first-order valence-electron chi connectivity index (χ1n) is 11.0. The summed E-state index contributed by atoms with van der Waals surface area (Å²) in [6.45, 7) is 3.89. The van der Waals surface area contributed by atoms with Gasteiger partial charge in [0.05, 0.1) is 18.4 Å². The Bertz CT molecular complexity index is 878. The van der Waals surface area contributed by atoms with E-state index in [1.807, 2.05) is 37.3 Å². The molecule has 0 aromatic heterocycles. The van der Waals surface area contributed by atoms with Gasteiger partial charge in [-0.05, 0) is 30.7 Å². The van der Waals surface area contributed by atoms with E-state index in [9.17, 15) is 13.8 Å². The number of halogens is 1. The molecule has 2 amide bonds. The zero-order valence-electron chi connectivity index (χ0n) is 18.2. The number of aliphatic imine (C=N–C) groups is 1. The van der Waals surface area contributed by atoms with Crippen molar-refractivity contribution >= 4 is 52.6 Å². The summed E-state index contributed by atoms with van der Waals surface area (Å²) in [6, 6.07) is 9.79. The van der Waals surface area contributed by atoms with E-state index >= 15 is 0 Å². The lowest BCUT2D eigenvalue weighted by Crippen LogP contribution is -2.43. The van der Waals surface area contributed by atoms with Crippen molar-refractivity contribution in [3.8, 4) is 0 Å². The summed E-state index contributed by atoms with van der Waals surface area (Å²) >= 11 is 0. The number of hydrogen-bond acceptors (Lipinski definition) is 4. The minimum absolute atomic E-state index is 0. The number of hydrogen-bond donors (Lipinski definition) is 2. The number of amides is 2. The van der Waals surface area contributed by atoms with Crippen molar-refractivity contribution < 1.29 is 13.8 Å². The second-order valence-corrected chi connectivity index (χ2v) is 9.87. The molecule has 1 aliphatic heterocycles. The molecule has 1 saturated carbocycles. The number of carbonyl (C=O) groups is 2. The topological polar surface area (TPSA) is 90.9 Å². The third-order valence-electron chi connectivity index (χ3n) is 6.29. The molecule has 2 fully saturated rings. The van der Waals surface area contributed by atoms with Crippen LogP contribution in [0.4, 0.5) is 0 Å². The fourth-order valence-electron chi connectivity index (χ4n) is 4.90. The summed E-state index contributed by atoms with van der Waals surface area (Å²) in [5, 5.41) is 6.35. The Kier molecular flexibility index (Phi) is 8.87. The number of nitrogens with one attached hydrogen (secondary N) is 2. The predicted octanol–water partition coefficient (Wildman–Crippen LogP) is 1.92. The molecule has 2 aliphatic carbocycles. The molecule has 4 rings (SSSR count). The number of likely N-dealkylation sites (tertiary alicyclic amines) is 1. The van der Waals surface area contributed by atoms with Gasteiger partial charge in [-0.3, -0.25) is 23.7 Å². The van der Waals surface area contributed by atoms with Gasteiger partial charge < -0.3 is 10.6 Å². The highest BCUT2D eigenvalue weighted by molar-refractivity contribution is 14.0. The Morgan fingerprint density at radius 3 is 2.38 bits per heavy atom. The normalized spacial score (nSPS) is 26.8. The third-order valence-corrected chi connectivity index (χ3v) is 7.59. The molecule has 0 radical (unpaired) electrons. The summed E-state index contributed by atoms with van der Waals surface area (Å²) in [6.07, 6.45) is 5.16. The largest absolute Gasteiger partial charge is 0.357 e. The number of imide groups is 1. The molecule has 1 saturated heterocycles. The number of allylic oxidation sites excluding steroid dienone is 2. The quantitative estimate of drug-likeness (QED) is 0.156. The highest BCUT2D eigenvalue weighted by atomic mass is 127. The van der Waals surface area contributed by atoms with Gasteiger partial charge in [0.2, 0.25) is 11.8 Å². The van der Waals surface area contributed by atoms with Crippen LogP contribution in [0.1, 0.15) is 18.9 Å². The van der Waals surface area contributed by atoms with E-state index in [4.69, 9.17) is 0 Å². The lowest BCUT2D eigenvalue weighted by atomic mass is 9.85. The van der Waals surface area contributed by atoms with Gasteiger partial charge in [-0.2, -0.15) is 0 Å². The molecule has 5 unspecified atom stereocenters. The van der Waals surface area contributed by atoms with Gasteiger partial charge in [0.1, 0.15) is 0 Å². The maximum Gasteiger partial charge on any atom is 0.233 e. The Balaban J connectivity index is 0.00000289. The van der Waals surface area contributed by atoms with Gasteiger partial charge in [-0.15, -0.1) is 24.0 Å². The standard InChI is InChI=1S/C23H30N4O3S.HI/c1-2-24-23(26-11-13-31(30)15-16-6-4-3-5-7-16)25-10-12-27-21(28)19-17-8-9-18(14-17)20(19)22(27)29;/h3-9,17-20H,2,10-15H2,1H3,(H2,24,25,26);1H. The lowest BCUT2D eigenvalue weighted by molar-refractivity contribution is -0.140. The first kappa shape index (κ1) is 24.9. The van der Waals surface area contributed by atoms with E-state index in [0.29, 0.717) is 43.6 Å². The average molecular weight is 570 g/mol. The summed E-state index contributed by atoms with van der Waals surface area (Å²) in [7, 11) is -0.978. The van der Waals surface area contributed by atoms with Crippen LogP contribution < -0.4 is 10.6 Å². The van der Waals surface area contributed by atoms with Crippen molar-refractivity contribution in [3.05, 3.63) is 48.0 Å². The second-order valence-electron chi connectivity index (χ2n) is 8.29. The van der Waals surface area contributed by atoms with Crippen LogP contribution in [0.25, 0.3) is 0 Å². The molecule has 32 heavy (non-hydrogen) atoms. The molecule has 2 N–H and O–H groups in total. The molecule has 2 bridgehead atoms. The van der Waals surface area contributed by atoms with Crippen molar-refractivity contribution in [2.45, 2.75) is 19.1 Å². The van der Waals surface area contributed by atoms with Crippen molar-refractivity contribution in [2.75, 3.05) is 31.9 Å². The zero-order chi connectivity index (χ0) is 21.8. The molecular formula is C23H31IN4O3S. The number of fused-ring (bicyclic) bond motifs is 5. The Labute approximate surface area is 209 Å². The predicted molar refractivity (Wildman–Crippen MR) is 137 cm³/mol. The first-order valence-corrected chi connectivity index (χ1v) is 12.5. The van der Waals surface area contributed by atoms with E-state index in [1.165, 1.54) is 4.90 Å². The van der Waals surface area contributed by atoms with Gasteiger partial charge in [-0.1, -0.05) is 42.5 Å². The van der Waals surface area contributed by atoms with Gasteiger partial charge >= 0.3 is 0 Å². The van der Waals surface area contributed by atoms with Crippen LogP contribution in [0.5, 0.6) is 0 Å². The molecule has 1 heterocycles. The van der Waals surface area contributed by atoms with Crippen LogP contribution in [0.2, 0.25) is 0 Å². The zero-order valence-corrected chi connectivity index (χ0v) is 21.4. The summed E-state index contributed by atoms with van der Waals surface area (Å²) in [5.74, 6) is 1.75. The smallest absolute Gasteiger partial charge is 0.233 e. The van der Waals surface area contributed by atoms with Gasteiger partial charge in [-0.25, -0.2) is 0 Å². The molecule has 7 nitrogen and oxygen atoms in total. The minimum atomic E-state index is -0.978. The summed E-state index contributed by atoms with van der Waals surface area (Å²) in [4.78, 5) is 31.4.